The molecule has 28 heavy (non-hydrogen) atoms. The summed E-state index contributed by atoms with van der Waals surface area (Å²) in [7, 11) is 0. The molecule has 0 unspecified atom stereocenters. The van der Waals surface area contributed by atoms with Crippen molar-refractivity contribution in [2.45, 2.75) is 44.2 Å². The molecule has 1 fully saturated rings. The number of aromatic nitrogens is 2. The summed E-state index contributed by atoms with van der Waals surface area (Å²) >= 11 is 7.24. The molecule has 0 N–H and O–H groups in total. The standard InChI is InChI=1S/C19H16ClF3N2O2S/c20-13-7-11(21)2-1-10(13)9-24-16-5-6-28-17(16)18(26)25(19(24)27)15-4-3-12(22)8-14(15)23/h1-2,5-7,12,14-15H,3-4,8-9H2/t12-,14-,15+/m0/s1. The Morgan fingerprint density at radius 3 is 2.68 bits per heavy atom. The van der Waals surface area contributed by atoms with Crippen molar-refractivity contribution in [1.29, 1.82) is 0 Å². The number of nitrogens with zero attached hydrogens (tertiary/aromatic N) is 2. The van der Waals surface area contributed by atoms with Gasteiger partial charge in [-0.05, 0) is 42.0 Å². The van der Waals surface area contributed by atoms with Crippen molar-refractivity contribution in [2.75, 3.05) is 0 Å². The molecular formula is C19H16ClF3N2O2S. The second kappa shape index (κ2) is 7.40. The molecule has 0 aliphatic heterocycles. The number of rotatable bonds is 3. The van der Waals surface area contributed by atoms with Crippen LogP contribution in [0.4, 0.5) is 13.2 Å². The number of hydrogen-bond acceptors (Lipinski definition) is 3. The predicted octanol–water partition coefficient (Wildman–Crippen LogP) is 4.47. The van der Waals surface area contributed by atoms with Crippen molar-refractivity contribution in [3.05, 3.63) is 66.9 Å². The summed E-state index contributed by atoms with van der Waals surface area (Å²) in [4.78, 5) is 26.0. The van der Waals surface area contributed by atoms with Crippen LogP contribution in [-0.2, 0) is 6.54 Å². The highest BCUT2D eigenvalue weighted by Gasteiger charge is 2.34. The Morgan fingerprint density at radius 1 is 1.18 bits per heavy atom. The lowest BCUT2D eigenvalue weighted by Crippen LogP contribution is -2.46. The monoisotopic (exact) mass is 428 g/mol. The molecule has 1 saturated carbocycles. The Bertz CT molecular complexity index is 1160. The minimum Gasteiger partial charge on any atom is -0.288 e. The molecule has 9 heteroatoms. The first-order chi connectivity index (χ1) is 13.4. The zero-order valence-corrected chi connectivity index (χ0v) is 16.2. The normalized spacial score (nSPS) is 22.6. The van der Waals surface area contributed by atoms with Gasteiger partial charge < -0.3 is 0 Å². The number of thiophene rings is 1. The molecule has 1 aliphatic rings. The maximum atomic E-state index is 14.5. The van der Waals surface area contributed by atoms with E-state index in [0.717, 1.165) is 22.0 Å². The Balaban J connectivity index is 1.88. The first-order valence-electron chi connectivity index (χ1n) is 8.81. The molecule has 3 atom stereocenters. The highest BCUT2D eigenvalue weighted by atomic mass is 35.5. The summed E-state index contributed by atoms with van der Waals surface area (Å²) < 4.78 is 43.9. The minimum absolute atomic E-state index is 0.000862. The van der Waals surface area contributed by atoms with Crippen LogP contribution in [0.5, 0.6) is 0 Å². The third kappa shape index (κ3) is 3.28. The summed E-state index contributed by atoms with van der Waals surface area (Å²) in [6.45, 7) is 0.000862. The molecule has 0 spiro atoms. The van der Waals surface area contributed by atoms with E-state index in [1.165, 1.54) is 16.7 Å². The van der Waals surface area contributed by atoms with Crippen LogP contribution < -0.4 is 11.2 Å². The molecule has 0 radical (unpaired) electrons. The van der Waals surface area contributed by atoms with E-state index < -0.39 is 35.5 Å². The van der Waals surface area contributed by atoms with E-state index in [2.05, 4.69) is 0 Å². The molecule has 4 nitrogen and oxygen atoms in total. The molecule has 2 heterocycles. The van der Waals surface area contributed by atoms with Gasteiger partial charge in [0.1, 0.15) is 22.9 Å². The lowest BCUT2D eigenvalue weighted by molar-refractivity contribution is 0.102. The second-order valence-corrected chi connectivity index (χ2v) is 8.23. The number of benzene rings is 1. The molecule has 1 aromatic carbocycles. The summed E-state index contributed by atoms with van der Waals surface area (Å²) in [5.41, 5.74) is -0.346. The highest BCUT2D eigenvalue weighted by Crippen LogP contribution is 2.32. The summed E-state index contributed by atoms with van der Waals surface area (Å²) in [5, 5.41) is 1.82. The van der Waals surface area contributed by atoms with Gasteiger partial charge in [0, 0.05) is 11.4 Å². The van der Waals surface area contributed by atoms with Gasteiger partial charge in [-0.2, -0.15) is 0 Å². The van der Waals surface area contributed by atoms with Crippen molar-refractivity contribution < 1.29 is 13.2 Å². The fraction of sp³-hybridized carbons (Fsp3) is 0.368. The van der Waals surface area contributed by atoms with E-state index >= 15 is 0 Å². The van der Waals surface area contributed by atoms with Crippen LogP contribution in [0.1, 0.15) is 30.9 Å². The van der Waals surface area contributed by atoms with Gasteiger partial charge >= 0.3 is 5.69 Å². The molecule has 1 aliphatic carbocycles. The molecule has 2 aromatic heterocycles. The van der Waals surface area contributed by atoms with Crippen molar-refractivity contribution in [3.63, 3.8) is 0 Å². The van der Waals surface area contributed by atoms with E-state index in [9.17, 15) is 22.8 Å². The Kier molecular flexibility index (Phi) is 5.09. The van der Waals surface area contributed by atoms with Gasteiger partial charge in [-0.3, -0.25) is 13.9 Å². The lowest BCUT2D eigenvalue weighted by atomic mass is 9.92. The van der Waals surface area contributed by atoms with Gasteiger partial charge in [-0.15, -0.1) is 11.3 Å². The molecule has 148 valence electrons. The van der Waals surface area contributed by atoms with E-state index in [4.69, 9.17) is 11.6 Å². The predicted molar refractivity (Wildman–Crippen MR) is 104 cm³/mol. The maximum absolute atomic E-state index is 14.5. The largest absolute Gasteiger partial charge is 0.332 e. The van der Waals surface area contributed by atoms with Crippen LogP contribution in [0, 0.1) is 5.82 Å². The number of fused-ring (bicyclic) bond motifs is 1. The Morgan fingerprint density at radius 2 is 1.96 bits per heavy atom. The zero-order valence-electron chi connectivity index (χ0n) is 14.6. The SMILES string of the molecule is O=c1c2sccc2n(Cc2ccc(F)cc2Cl)c(=O)n1[C@@H]1CC[C@H](F)C[C@@H]1F. The van der Waals surface area contributed by atoms with Crippen molar-refractivity contribution >= 4 is 33.2 Å². The lowest BCUT2D eigenvalue weighted by Gasteiger charge is -2.29. The summed E-state index contributed by atoms with van der Waals surface area (Å²) in [6, 6.07) is 4.46. The van der Waals surface area contributed by atoms with Crippen molar-refractivity contribution in [2.24, 2.45) is 0 Å². The van der Waals surface area contributed by atoms with Crippen molar-refractivity contribution in [3.8, 4) is 0 Å². The average Bonchev–Trinajstić information content (AvgIpc) is 3.12. The highest BCUT2D eigenvalue weighted by molar-refractivity contribution is 7.17. The van der Waals surface area contributed by atoms with Gasteiger partial charge in [-0.25, -0.2) is 18.0 Å². The van der Waals surface area contributed by atoms with Gasteiger partial charge in [0.25, 0.3) is 5.56 Å². The molecule has 3 aromatic rings. The van der Waals surface area contributed by atoms with Crippen LogP contribution in [0.3, 0.4) is 0 Å². The van der Waals surface area contributed by atoms with Gasteiger partial charge in [0.05, 0.1) is 18.1 Å². The number of halogens is 4. The smallest absolute Gasteiger partial charge is 0.288 e. The van der Waals surface area contributed by atoms with E-state index in [0.29, 0.717) is 15.8 Å². The van der Waals surface area contributed by atoms with E-state index in [-0.39, 0.29) is 30.8 Å². The number of alkyl halides is 2. The van der Waals surface area contributed by atoms with Crippen LogP contribution in [0.15, 0.2) is 39.2 Å². The van der Waals surface area contributed by atoms with Crippen LogP contribution in [0.2, 0.25) is 5.02 Å². The molecule has 0 saturated heterocycles. The zero-order chi connectivity index (χ0) is 20.0. The Labute approximate surface area is 166 Å². The third-order valence-corrected chi connectivity index (χ3v) is 6.38. The van der Waals surface area contributed by atoms with Crippen LogP contribution >= 0.6 is 22.9 Å². The van der Waals surface area contributed by atoms with Gasteiger partial charge in [0.15, 0.2) is 0 Å². The molecule has 0 bridgehead atoms. The summed E-state index contributed by atoms with van der Waals surface area (Å²) in [5.74, 6) is -0.505. The van der Waals surface area contributed by atoms with Crippen molar-refractivity contribution in [1.82, 2.24) is 9.13 Å². The number of hydrogen-bond donors (Lipinski definition) is 0. The fourth-order valence-corrected chi connectivity index (χ4v) is 4.77. The Hall–Kier alpha value is -2.06. The fourth-order valence-electron chi connectivity index (χ4n) is 3.71. The molecular weight excluding hydrogens is 413 g/mol. The second-order valence-electron chi connectivity index (χ2n) is 6.91. The molecule has 0 amide bonds. The topological polar surface area (TPSA) is 44.0 Å². The first-order valence-corrected chi connectivity index (χ1v) is 10.1. The molecule has 4 rings (SSSR count). The van der Waals surface area contributed by atoms with Gasteiger partial charge in [-0.1, -0.05) is 17.7 Å². The maximum Gasteiger partial charge on any atom is 0.332 e. The summed E-state index contributed by atoms with van der Waals surface area (Å²) in [6.07, 6.45) is -3.04. The van der Waals surface area contributed by atoms with E-state index in [1.807, 2.05) is 0 Å². The van der Waals surface area contributed by atoms with Crippen LogP contribution in [0.25, 0.3) is 10.2 Å². The average molecular weight is 429 g/mol. The van der Waals surface area contributed by atoms with Gasteiger partial charge in [0.2, 0.25) is 0 Å². The minimum atomic E-state index is -1.62. The quantitative estimate of drug-likeness (QED) is 0.618. The third-order valence-electron chi connectivity index (χ3n) is 5.13. The van der Waals surface area contributed by atoms with Crippen LogP contribution in [-0.4, -0.2) is 21.5 Å². The first kappa shape index (κ1) is 19.3. The van der Waals surface area contributed by atoms with E-state index in [1.54, 1.807) is 11.4 Å².